The Morgan fingerprint density at radius 1 is 1.26 bits per heavy atom. The van der Waals surface area contributed by atoms with Crippen molar-refractivity contribution in [3.63, 3.8) is 0 Å². The number of nitrogens with zero attached hydrogens (tertiary/aromatic N) is 1. The van der Waals surface area contributed by atoms with E-state index < -0.39 is 6.04 Å². The number of rotatable bonds is 6. The molecule has 0 bridgehead atoms. The van der Waals surface area contributed by atoms with Gasteiger partial charge in [-0.25, -0.2) is 0 Å². The third kappa shape index (κ3) is 4.24. The van der Waals surface area contributed by atoms with E-state index in [0.29, 0.717) is 12.5 Å². The van der Waals surface area contributed by atoms with Gasteiger partial charge in [-0.1, -0.05) is 6.92 Å². The number of anilines is 2. The van der Waals surface area contributed by atoms with E-state index >= 15 is 0 Å². The highest BCUT2D eigenvalue weighted by molar-refractivity contribution is 5.94. The fourth-order valence-electron chi connectivity index (χ4n) is 2.00. The van der Waals surface area contributed by atoms with Crippen LogP contribution in [0.15, 0.2) is 24.3 Å². The van der Waals surface area contributed by atoms with Crippen LogP contribution in [0.3, 0.4) is 0 Å². The molecular formula is C15H25N3O. The molecule has 1 amide bonds. The average Bonchev–Trinajstić information content (AvgIpc) is 2.40. The van der Waals surface area contributed by atoms with Crippen LogP contribution in [0, 0.1) is 0 Å². The summed E-state index contributed by atoms with van der Waals surface area (Å²) in [7, 11) is 0. The molecule has 1 atom stereocenters. The molecule has 4 nitrogen and oxygen atoms in total. The number of hydrogen-bond acceptors (Lipinski definition) is 3. The smallest absolute Gasteiger partial charge is 0.241 e. The van der Waals surface area contributed by atoms with Crippen molar-refractivity contribution in [1.82, 2.24) is 0 Å². The Morgan fingerprint density at radius 2 is 1.84 bits per heavy atom. The molecule has 0 fully saturated rings. The Bertz CT molecular complexity index is 400. The lowest BCUT2D eigenvalue weighted by atomic mass is 10.2. The summed E-state index contributed by atoms with van der Waals surface area (Å²) in [5.74, 6) is -0.133. The van der Waals surface area contributed by atoms with Crippen LogP contribution in [-0.2, 0) is 4.79 Å². The molecule has 1 aromatic rings. The zero-order valence-electron chi connectivity index (χ0n) is 12.3. The molecule has 0 spiro atoms. The molecule has 0 aliphatic heterocycles. The van der Waals surface area contributed by atoms with Crippen LogP contribution in [0.4, 0.5) is 11.4 Å². The number of nitrogens with one attached hydrogen (secondary N) is 1. The maximum atomic E-state index is 11.7. The molecule has 0 saturated carbocycles. The van der Waals surface area contributed by atoms with Gasteiger partial charge in [-0.15, -0.1) is 0 Å². The van der Waals surface area contributed by atoms with Crippen molar-refractivity contribution in [2.45, 2.75) is 46.2 Å². The lowest BCUT2D eigenvalue weighted by Gasteiger charge is -2.27. The normalized spacial score (nSPS) is 12.3. The Morgan fingerprint density at radius 3 is 2.26 bits per heavy atom. The lowest BCUT2D eigenvalue weighted by Crippen LogP contribution is -2.34. The first kappa shape index (κ1) is 15.5. The number of nitrogens with two attached hydrogens (primary N) is 1. The number of carbonyl (C=O) groups is 1. The molecule has 0 radical (unpaired) electrons. The molecule has 19 heavy (non-hydrogen) atoms. The van der Waals surface area contributed by atoms with Gasteiger partial charge in [0.05, 0.1) is 6.04 Å². The second-order valence-corrected chi connectivity index (χ2v) is 4.93. The van der Waals surface area contributed by atoms with Crippen LogP contribution in [0.1, 0.15) is 34.1 Å². The molecule has 0 saturated heterocycles. The van der Waals surface area contributed by atoms with Gasteiger partial charge in [-0.05, 0) is 51.5 Å². The summed E-state index contributed by atoms with van der Waals surface area (Å²) in [6.45, 7) is 9.33. The van der Waals surface area contributed by atoms with Crippen molar-refractivity contribution in [2.24, 2.45) is 5.73 Å². The minimum absolute atomic E-state index is 0.133. The molecule has 4 heteroatoms. The lowest BCUT2D eigenvalue weighted by molar-refractivity contribution is -0.117. The minimum Gasteiger partial charge on any atom is -0.369 e. The Hall–Kier alpha value is -1.55. The highest BCUT2D eigenvalue weighted by Gasteiger charge is 2.12. The van der Waals surface area contributed by atoms with E-state index in [0.717, 1.165) is 17.9 Å². The molecule has 0 heterocycles. The van der Waals surface area contributed by atoms with Gasteiger partial charge >= 0.3 is 0 Å². The van der Waals surface area contributed by atoms with E-state index in [9.17, 15) is 4.79 Å². The predicted octanol–water partition coefficient (Wildman–Crippen LogP) is 2.60. The first-order chi connectivity index (χ1) is 8.99. The van der Waals surface area contributed by atoms with Crippen LogP contribution < -0.4 is 16.0 Å². The topological polar surface area (TPSA) is 58.4 Å². The van der Waals surface area contributed by atoms with Crippen molar-refractivity contribution in [1.29, 1.82) is 0 Å². The summed E-state index contributed by atoms with van der Waals surface area (Å²) < 4.78 is 0. The van der Waals surface area contributed by atoms with Crippen molar-refractivity contribution in [2.75, 3.05) is 16.8 Å². The van der Waals surface area contributed by atoms with Crippen molar-refractivity contribution in [3.8, 4) is 0 Å². The van der Waals surface area contributed by atoms with Gasteiger partial charge in [0.15, 0.2) is 0 Å². The molecule has 1 aromatic carbocycles. The first-order valence-corrected chi connectivity index (χ1v) is 6.92. The van der Waals surface area contributed by atoms with Gasteiger partial charge in [-0.2, -0.15) is 0 Å². The Balaban J connectivity index is 2.74. The second kappa shape index (κ2) is 7.14. The standard InChI is InChI=1S/C15H25N3O/c1-5-14(16)15(19)17-12-7-9-13(10-8-12)18(6-2)11(3)4/h7-11,14H,5-6,16H2,1-4H3,(H,17,19). The van der Waals surface area contributed by atoms with Crippen molar-refractivity contribution >= 4 is 17.3 Å². The zero-order chi connectivity index (χ0) is 14.4. The molecular weight excluding hydrogens is 238 g/mol. The molecule has 3 N–H and O–H groups in total. The summed E-state index contributed by atoms with van der Waals surface area (Å²) in [5.41, 5.74) is 7.64. The van der Waals surface area contributed by atoms with Crippen LogP contribution in [0.5, 0.6) is 0 Å². The number of hydrogen-bond donors (Lipinski definition) is 2. The minimum atomic E-state index is -0.442. The van der Waals surface area contributed by atoms with E-state index in [1.54, 1.807) is 0 Å². The number of carbonyl (C=O) groups excluding carboxylic acids is 1. The van der Waals surface area contributed by atoms with E-state index in [1.165, 1.54) is 0 Å². The highest BCUT2D eigenvalue weighted by Crippen LogP contribution is 2.19. The fourth-order valence-corrected chi connectivity index (χ4v) is 2.00. The average molecular weight is 263 g/mol. The van der Waals surface area contributed by atoms with Gasteiger partial charge in [0.25, 0.3) is 0 Å². The van der Waals surface area contributed by atoms with Gasteiger partial charge in [0.2, 0.25) is 5.91 Å². The predicted molar refractivity (Wildman–Crippen MR) is 81.5 cm³/mol. The molecule has 0 aliphatic carbocycles. The number of amides is 1. The molecule has 0 aromatic heterocycles. The quantitative estimate of drug-likeness (QED) is 0.829. The van der Waals surface area contributed by atoms with E-state index in [4.69, 9.17) is 5.73 Å². The maximum absolute atomic E-state index is 11.7. The van der Waals surface area contributed by atoms with Crippen molar-refractivity contribution in [3.05, 3.63) is 24.3 Å². The third-order valence-electron chi connectivity index (χ3n) is 3.21. The summed E-state index contributed by atoms with van der Waals surface area (Å²) in [6, 6.07) is 7.90. The van der Waals surface area contributed by atoms with Gasteiger partial charge < -0.3 is 16.0 Å². The Labute approximate surface area is 116 Å². The summed E-state index contributed by atoms with van der Waals surface area (Å²) >= 11 is 0. The van der Waals surface area contributed by atoms with Gasteiger partial charge in [0, 0.05) is 24.0 Å². The molecule has 106 valence electrons. The van der Waals surface area contributed by atoms with Crippen LogP contribution >= 0.6 is 0 Å². The van der Waals surface area contributed by atoms with Crippen LogP contribution in [0.2, 0.25) is 0 Å². The summed E-state index contributed by atoms with van der Waals surface area (Å²) in [4.78, 5) is 14.0. The van der Waals surface area contributed by atoms with Crippen LogP contribution in [0.25, 0.3) is 0 Å². The van der Waals surface area contributed by atoms with E-state index in [1.807, 2.05) is 31.2 Å². The SMILES string of the molecule is CCC(N)C(=O)Nc1ccc(N(CC)C(C)C)cc1. The van der Waals surface area contributed by atoms with Gasteiger partial charge in [0.1, 0.15) is 0 Å². The fraction of sp³-hybridized carbons (Fsp3) is 0.533. The third-order valence-corrected chi connectivity index (χ3v) is 3.21. The first-order valence-electron chi connectivity index (χ1n) is 6.92. The Kier molecular flexibility index (Phi) is 5.83. The van der Waals surface area contributed by atoms with E-state index in [2.05, 4.69) is 31.0 Å². The van der Waals surface area contributed by atoms with Crippen LogP contribution in [-0.4, -0.2) is 24.5 Å². The molecule has 1 rings (SSSR count). The highest BCUT2D eigenvalue weighted by atomic mass is 16.2. The van der Waals surface area contributed by atoms with E-state index in [-0.39, 0.29) is 5.91 Å². The summed E-state index contributed by atoms with van der Waals surface area (Å²) in [6.07, 6.45) is 0.640. The molecule has 0 aliphatic rings. The number of benzene rings is 1. The zero-order valence-corrected chi connectivity index (χ0v) is 12.3. The van der Waals surface area contributed by atoms with Crippen molar-refractivity contribution < 1.29 is 4.79 Å². The molecule has 1 unspecified atom stereocenters. The second-order valence-electron chi connectivity index (χ2n) is 4.93. The largest absolute Gasteiger partial charge is 0.369 e. The maximum Gasteiger partial charge on any atom is 0.241 e. The summed E-state index contributed by atoms with van der Waals surface area (Å²) in [5, 5.41) is 2.82. The van der Waals surface area contributed by atoms with Gasteiger partial charge in [-0.3, -0.25) is 4.79 Å². The monoisotopic (exact) mass is 263 g/mol.